The molecule has 0 saturated carbocycles. The average Bonchev–Trinajstić information content (AvgIpc) is 2.73. The van der Waals surface area contributed by atoms with E-state index in [-0.39, 0.29) is 11.8 Å². The number of nitrogens with zero attached hydrogens (tertiary/aromatic N) is 1. The summed E-state index contributed by atoms with van der Waals surface area (Å²) < 4.78 is 0. The molecule has 148 valence electrons. The molecule has 0 saturated heterocycles. The van der Waals surface area contributed by atoms with Crippen molar-refractivity contribution in [3.8, 4) is 0 Å². The van der Waals surface area contributed by atoms with Crippen LogP contribution in [0.25, 0.3) is 0 Å². The first-order valence-electron chi connectivity index (χ1n) is 9.53. The summed E-state index contributed by atoms with van der Waals surface area (Å²) in [7, 11) is 0. The first-order chi connectivity index (χ1) is 14.1. The van der Waals surface area contributed by atoms with Gasteiger partial charge in [0, 0.05) is 36.6 Å². The lowest BCUT2D eigenvalue weighted by Gasteiger charge is -2.09. The summed E-state index contributed by atoms with van der Waals surface area (Å²) in [5.41, 5.74) is 3.35. The molecular weight excluding hydrogens is 364 g/mol. The zero-order valence-electron chi connectivity index (χ0n) is 16.3. The quantitative estimate of drug-likeness (QED) is 0.506. The van der Waals surface area contributed by atoms with Gasteiger partial charge < -0.3 is 16.0 Å². The Morgan fingerprint density at radius 3 is 2.38 bits per heavy atom. The van der Waals surface area contributed by atoms with Gasteiger partial charge in [0.15, 0.2) is 0 Å². The van der Waals surface area contributed by atoms with Crippen molar-refractivity contribution in [1.29, 1.82) is 0 Å². The highest BCUT2D eigenvalue weighted by Gasteiger charge is 2.07. The highest BCUT2D eigenvalue weighted by Crippen LogP contribution is 2.18. The third kappa shape index (κ3) is 6.46. The minimum atomic E-state index is -0.121. The minimum absolute atomic E-state index is 0.116. The zero-order valence-corrected chi connectivity index (χ0v) is 16.3. The van der Waals surface area contributed by atoms with Gasteiger partial charge in [0.25, 0.3) is 5.91 Å². The maximum Gasteiger partial charge on any atom is 0.251 e. The Balaban J connectivity index is 1.51. The fourth-order valence-electron chi connectivity index (χ4n) is 2.87. The lowest BCUT2D eigenvalue weighted by Crippen LogP contribution is -2.24. The molecule has 2 amide bonds. The molecule has 0 aliphatic heterocycles. The molecule has 0 unspecified atom stereocenters. The van der Waals surface area contributed by atoms with Crippen LogP contribution in [-0.4, -0.2) is 23.3 Å². The molecule has 3 aromatic rings. The molecule has 0 aliphatic rings. The molecule has 0 spiro atoms. The number of hydrogen-bond donors (Lipinski definition) is 3. The molecule has 3 N–H and O–H groups in total. The van der Waals surface area contributed by atoms with Crippen LogP contribution < -0.4 is 16.0 Å². The van der Waals surface area contributed by atoms with E-state index in [2.05, 4.69) is 33.1 Å². The van der Waals surface area contributed by atoms with Crippen molar-refractivity contribution in [1.82, 2.24) is 10.3 Å². The molecular formula is C23H24N4O2. The van der Waals surface area contributed by atoms with Crippen molar-refractivity contribution >= 4 is 29.0 Å². The van der Waals surface area contributed by atoms with Crippen LogP contribution in [0.5, 0.6) is 0 Å². The normalized spacial score (nSPS) is 10.2. The second-order valence-corrected chi connectivity index (χ2v) is 6.66. The van der Waals surface area contributed by atoms with Gasteiger partial charge in [-0.15, -0.1) is 0 Å². The van der Waals surface area contributed by atoms with Gasteiger partial charge in [-0.1, -0.05) is 30.3 Å². The van der Waals surface area contributed by atoms with Crippen molar-refractivity contribution in [2.75, 3.05) is 17.2 Å². The van der Waals surface area contributed by atoms with Crippen LogP contribution in [0.15, 0.2) is 72.9 Å². The number of rotatable bonds is 8. The van der Waals surface area contributed by atoms with E-state index in [9.17, 15) is 9.59 Å². The van der Waals surface area contributed by atoms with Gasteiger partial charge in [0.2, 0.25) is 5.91 Å². The topological polar surface area (TPSA) is 83.1 Å². The van der Waals surface area contributed by atoms with E-state index in [0.29, 0.717) is 17.9 Å². The SMILES string of the molecule is CC(=O)Nc1ccc(Nc2cc(C(=O)NCCCc3ccccc3)ccn2)cc1. The van der Waals surface area contributed by atoms with Gasteiger partial charge in [0.05, 0.1) is 0 Å². The average molecular weight is 388 g/mol. The summed E-state index contributed by atoms with van der Waals surface area (Å²) in [6, 6.07) is 20.9. The monoisotopic (exact) mass is 388 g/mol. The predicted molar refractivity (Wildman–Crippen MR) is 115 cm³/mol. The first-order valence-corrected chi connectivity index (χ1v) is 9.53. The fraction of sp³-hybridized carbons (Fsp3) is 0.174. The van der Waals surface area contributed by atoms with E-state index in [4.69, 9.17) is 0 Å². The molecule has 1 heterocycles. The predicted octanol–water partition coefficient (Wildman–Crippen LogP) is 4.15. The second-order valence-electron chi connectivity index (χ2n) is 6.66. The summed E-state index contributed by atoms with van der Waals surface area (Å²) in [6.07, 6.45) is 3.41. The summed E-state index contributed by atoms with van der Waals surface area (Å²) >= 11 is 0. The molecule has 2 aromatic carbocycles. The number of nitrogens with one attached hydrogen (secondary N) is 3. The lowest BCUT2D eigenvalue weighted by molar-refractivity contribution is -0.114. The van der Waals surface area contributed by atoms with Crippen molar-refractivity contribution in [3.05, 3.63) is 84.1 Å². The van der Waals surface area contributed by atoms with Crippen LogP contribution in [0.1, 0.15) is 29.3 Å². The number of amides is 2. The number of anilines is 3. The second kappa shape index (κ2) is 10.0. The van der Waals surface area contributed by atoms with Gasteiger partial charge in [0.1, 0.15) is 5.82 Å². The van der Waals surface area contributed by atoms with E-state index in [1.807, 2.05) is 30.3 Å². The van der Waals surface area contributed by atoms with E-state index in [1.165, 1.54) is 12.5 Å². The molecule has 29 heavy (non-hydrogen) atoms. The maximum absolute atomic E-state index is 12.4. The fourth-order valence-corrected chi connectivity index (χ4v) is 2.87. The Hall–Kier alpha value is -3.67. The first kappa shape index (κ1) is 20.1. The molecule has 0 atom stereocenters. The number of benzene rings is 2. The largest absolute Gasteiger partial charge is 0.352 e. The molecule has 0 bridgehead atoms. The summed E-state index contributed by atoms with van der Waals surface area (Å²) in [5, 5.41) is 8.84. The third-order valence-electron chi connectivity index (χ3n) is 4.27. The molecule has 0 fully saturated rings. The zero-order chi connectivity index (χ0) is 20.5. The highest BCUT2D eigenvalue weighted by atomic mass is 16.2. The Labute approximate surface area is 170 Å². The Bertz CT molecular complexity index is 956. The third-order valence-corrected chi connectivity index (χ3v) is 4.27. The molecule has 0 aliphatic carbocycles. The van der Waals surface area contributed by atoms with Crippen LogP contribution in [-0.2, 0) is 11.2 Å². The van der Waals surface area contributed by atoms with Gasteiger partial charge >= 0.3 is 0 Å². The highest BCUT2D eigenvalue weighted by molar-refractivity contribution is 5.95. The van der Waals surface area contributed by atoms with Crippen molar-refractivity contribution < 1.29 is 9.59 Å². The van der Waals surface area contributed by atoms with Crippen molar-refractivity contribution in [3.63, 3.8) is 0 Å². The van der Waals surface area contributed by atoms with E-state index in [1.54, 1.807) is 30.5 Å². The van der Waals surface area contributed by atoms with Gasteiger partial charge in [-0.25, -0.2) is 4.98 Å². The summed E-state index contributed by atoms with van der Waals surface area (Å²) in [4.78, 5) is 27.7. The van der Waals surface area contributed by atoms with Crippen LogP contribution >= 0.6 is 0 Å². The molecule has 6 heteroatoms. The van der Waals surface area contributed by atoms with Gasteiger partial charge in [-0.2, -0.15) is 0 Å². The van der Waals surface area contributed by atoms with Crippen molar-refractivity contribution in [2.45, 2.75) is 19.8 Å². The number of aromatic nitrogens is 1. The van der Waals surface area contributed by atoms with Gasteiger partial charge in [-0.05, 0) is 54.8 Å². The molecule has 0 radical (unpaired) electrons. The van der Waals surface area contributed by atoms with E-state index < -0.39 is 0 Å². The van der Waals surface area contributed by atoms with E-state index >= 15 is 0 Å². The van der Waals surface area contributed by atoms with Crippen LogP contribution in [0.3, 0.4) is 0 Å². The number of carbonyl (C=O) groups excluding carboxylic acids is 2. The molecule has 3 rings (SSSR count). The Kier molecular flexibility index (Phi) is 6.95. The lowest BCUT2D eigenvalue weighted by atomic mass is 10.1. The minimum Gasteiger partial charge on any atom is -0.352 e. The van der Waals surface area contributed by atoms with Crippen LogP contribution in [0.2, 0.25) is 0 Å². The maximum atomic E-state index is 12.4. The van der Waals surface area contributed by atoms with E-state index in [0.717, 1.165) is 24.2 Å². The Morgan fingerprint density at radius 2 is 1.66 bits per heavy atom. The van der Waals surface area contributed by atoms with Crippen molar-refractivity contribution in [2.24, 2.45) is 0 Å². The van der Waals surface area contributed by atoms with Gasteiger partial charge in [-0.3, -0.25) is 9.59 Å². The number of aryl methyl sites for hydroxylation is 1. The number of hydrogen-bond acceptors (Lipinski definition) is 4. The smallest absolute Gasteiger partial charge is 0.251 e. The number of carbonyl (C=O) groups is 2. The van der Waals surface area contributed by atoms with Crippen LogP contribution in [0, 0.1) is 0 Å². The number of pyridine rings is 1. The van der Waals surface area contributed by atoms with Crippen LogP contribution in [0.4, 0.5) is 17.2 Å². The summed E-state index contributed by atoms with van der Waals surface area (Å²) in [5.74, 6) is 0.341. The summed E-state index contributed by atoms with van der Waals surface area (Å²) in [6.45, 7) is 2.08. The Morgan fingerprint density at radius 1 is 0.931 bits per heavy atom. The standard InChI is InChI=1S/C23H24N4O2/c1-17(28)26-20-9-11-21(12-10-20)27-22-16-19(13-15-24-22)23(29)25-14-5-8-18-6-3-2-4-7-18/h2-4,6-7,9-13,15-16H,5,8,14H2,1H3,(H,24,27)(H,25,29)(H,26,28). The molecule has 1 aromatic heterocycles. The molecule has 6 nitrogen and oxygen atoms in total.